The molecule has 3 unspecified atom stereocenters. The lowest BCUT2D eigenvalue weighted by Gasteiger charge is -2.36. The minimum atomic E-state index is 0.348. The molecule has 0 spiro atoms. The number of hydrogen-bond donors (Lipinski definition) is 1. The third kappa shape index (κ3) is 4.21. The molecule has 112 valence electrons. The van der Waals surface area contributed by atoms with Crippen LogP contribution >= 0.6 is 11.6 Å². The Bertz CT molecular complexity index is 421. The lowest BCUT2D eigenvalue weighted by atomic mass is 9.90. The molecule has 2 rings (SSSR count). The van der Waals surface area contributed by atoms with Crippen molar-refractivity contribution >= 4 is 11.6 Å². The number of halogens is 1. The normalized spacial score (nSPS) is 23.5. The van der Waals surface area contributed by atoms with Gasteiger partial charge in [-0.1, -0.05) is 30.7 Å². The highest BCUT2D eigenvalue weighted by atomic mass is 35.5. The minimum Gasteiger partial charge on any atom is -0.307 e. The van der Waals surface area contributed by atoms with Gasteiger partial charge in [0.15, 0.2) is 0 Å². The van der Waals surface area contributed by atoms with E-state index in [1.54, 1.807) is 0 Å². The average Bonchev–Trinajstić information content (AvgIpc) is 2.47. The van der Waals surface area contributed by atoms with Crippen LogP contribution in [0.25, 0.3) is 0 Å². The van der Waals surface area contributed by atoms with E-state index in [1.165, 1.54) is 38.0 Å². The summed E-state index contributed by atoms with van der Waals surface area (Å²) in [6.07, 6.45) is 2.67. The van der Waals surface area contributed by atoms with Crippen LogP contribution in [-0.4, -0.2) is 30.6 Å². The molecule has 1 N–H and O–H groups in total. The zero-order valence-corrected chi connectivity index (χ0v) is 13.7. The van der Waals surface area contributed by atoms with Crippen LogP contribution in [0.4, 0.5) is 0 Å². The van der Waals surface area contributed by atoms with Gasteiger partial charge < -0.3 is 10.2 Å². The number of benzene rings is 1. The highest BCUT2D eigenvalue weighted by Crippen LogP contribution is 2.23. The topological polar surface area (TPSA) is 15.3 Å². The zero-order valence-electron chi connectivity index (χ0n) is 12.9. The second kappa shape index (κ2) is 7.44. The predicted octanol–water partition coefficient (Wildman–Crippen LogP) is 4.11. The summed E-state index contributed by atoms with van der Waals surface area (Å²) in [7, 11) is 0. The van der Waals surface area contributed by atoms with Crippen molar-refractivity contribution in [1.82, 2.24) is 10.2 Å². The Labute approximate surface area is 128 Å². The second-order valence-corrected chi connectivity index (χ2v) is 6.46. The first kappa shape index (κ1) is 15.8. The van der Waals surface area contributed by atoms with E-state index in [0.717, 1.165) is 10.9 Å². The van der Waals surface area contributed by atoms with E-state index < -0.39 is 0 Å². The Balaban J connectivity index is 1.91. The summed E-state index contributed by atoms with van der Waals surface area (Å²) < 4.78 is 0. The van der Waals surface area contributed by atoms with Crippen LogP contribution < -0.4 is 5.32 Å². The van der Waals surface area contributed by atoms with Gasteiger partial charge in [-0.2, -0.15) is 0 Å². The molecular formula is C17H27ClN2. The van der Waals surface area contributed by atoms with Gasteiger partial charge in [-0.3, -0.25) is 0 Å². The lowest BCUT2D eigenvalue weighted by Crippen LogP contribution is -2.44. The van der Waals surface area contributed by atoms with Gasteiger partial charge in [0.1, 0.15) is 0 Å². The predicted molar refractivity (Wildman–Crippen MR) is 87.3 cm³/mol. The molecule has 20 heavy (non-hydrogen) atoms. The van der Waals surface area contributed by atoms with Crippen molar-refractivity contribution in [2.24, 2.45) is 5.92 Å². The number of likely N-dealkylation sites (tertiary alicyclic amines) is 1. The fraction of sp³-hybridized carbons (Fsp3) is 0.647. The van der Waals surface area contributed by atoms with Gasteiger partial charge >= 0.3 is 0 Å². The molecule has 0 saturated carbocycles. The molecule has 0 aliphatic carbocycles. The summed E-state index contributed by atoms with van der Waals surface area (Å²) in [4.78, 5) is 2.57. The zero-order chi connectivity index (χ0) is 14.5. The maximum absolute atomic E-state index is 6.08. The van der Waals surface area contributed by atoms with Crippen molar-refractivity contribution in [3.8, 4) is 0 Å². The molecule has 0 bridgehead atoms. The monoisotopic (exact) mass is 294 g/mol. The van der Waals surface area contributed by atoms with Gasteiger partial charge in [-0.15, -0.1) is 0 Å². The Hall–Kier alpha value is -0.570. The van der Waals surface area contributed by atoms with Gasteiger partial charge in [-0.25, -0.2) is 0 Å². The molecule has 1 saturated heterocycles. The molecular weight excluding hydrogens is 268 g/mol. The van der Waals surface area contributed by atoms with Crippen LogP contribution in [-0.2, 0) is 0 Å². The van der Waals surface area contributed by atoms with Crippen molar-refractivity contribution in [2.75, 3.05) is 19.6 Å². The molecule has 1 fully saturated rings. The summed E-state index contributed by atoms with van der Waals surface area (Å²) in [5.74, 6) is 0.755. The summed E-state index contributed by atoms with van der Waals surface area (Å²) in [5, 5.41) is 4.57. The fourth-order valence-corrected chi connectivity index (χ4v) is 3.39. The molecule has 0 aromatic heterocycles. The van der Waals surface area contributed by atoms with E-state index in [-0.39, 0.29) is 0 Å². The van der Waals surface area contributed by atoms with E-state index >= 15 is 0 Å². The maximum Gasteiger partial charge on any atom is 0.0409 e. The number of nitrogens with zero attached hydrogens (tertiary/aromatic N) is 1. The maximum atomic E-state index is 6.08. The smallest absolute Gasteiger partial charge is 0.0409 e. The quantitative estimate of drug-likeness (QED) is 0.879. The number of rotatable bonds is 5. The van der Waals surface area contributed by atoms with Gasteiger partial charge in [0, 0.05) is 23.7 Å². The molecule has 3 heteroatoms. The van der Waals surface area contributed by atoms with E-state index in [0.29, 0.717) is 12.1 Å². The fourth-order valence-electron chi connectivity index (χ4n) is 3.19. The van der Waals surface area contributed by atoms with Crippen LogP contribution in [0.2, 0.25) is 5.02 Å². The van der Waals surface area contributed by atoms with Gasteiger partial charge in [0.25, 0.3) is 0 Å². The molecule has 3 atom stereocenters. The van der Waals surface area contributed by atoms with E-state index in [9.17, 15) is 0 Å². The molecule has 1 aliphatic rings. The Kier molecular flexibility index (Phi) is 5.88. The third-order valence-electron chi connectivity index (χ3n) is 4.56. The first-order valence-corrected chi connectivity index (χ1v) is 8.21. The summed E-state index contributed by atoms with van der Waals surface area (Å²) in [5.41, 5.74) is 1.27. The van der Waals surface area contributed by atoms with Crippen LogP contribution in [0, 0.1) is 5.92 Å². The Morgan fingerprint density at radius 1 is 1.40 bits per heavy atom. The largest absolute Gasteiger partial charge is 0.307 e. The van der Waals surface area contributed by atoms with Crippen LogP contribution in [0.5, 0.6) is 0 Å². The lowest BCUT2D eigenvalue weighted by molar-refractivity contribution is 0.153. The first-order chi connectivity index (χ1) is 9.60. The molecule has 0 amide bonds. The van der Waals surface area contributed by atoms with E-state index in [4.69, 9.17) is 11.6 Å². The highest BCUT2D eigenvalue weighted by Gasteiger charge is 2.24. The number of hydrogen-bond acceptors (Lipinski definition) is 2. The molecule has 1 heterocycles. The molecule has 2 nitrogen and oxygen atoms in total. The van der Waals surface area contributed by atoms with Crippen molar-refractivity contribution in [3.05, 3.63) is 34.9 Å². The summed E-state index contributed by atoms with van der Waals surface area (Å²) in [6.45, 7) is 10.5. The number of nitrogens with one attached hydrogen (secondary N) is 1. The first-order valence-electron chi connectivity index (χ1n) is 7.84. The van der Waals surface area contributed by atoms with Crippen LogP contribution in [0.1, 0.15) is 45.2 Å². The molecule has 1 aromatic rings. The molecule has 1 aromatic carbocycles. The van der Waals surface area contributed by atoms with Crippen LogP contribution in [0.3, 0.4) is 0 Å². The summed E-state index contributed by atoms with van der Waals surface area (Å²) in [6, 6.07) is 9.06. The molecule has 0 radical (unpaired) electrons. The number of piperidine rings is 1. The van der Waals surface area contributed by atoms with Crippen molar-refractivity contribution in [2.45, 2.75) is 45.7 Å². The van der Waals surface area contributed by atoms with E-state index in [1.807, 2.05) is 12.1 Å². The van der Waals surface area contributed by atoms with Crippen molar-refractivity contribution in [3.63, 3.8) is 0 Å². The van der Waals surface area contributed by atoms with Gasteiger partial charge in [0.05, 0.1) is 0 Å². The minimum absolute atomic E-state index is 0.348. The average molecular weight is 295 g/mol. The van der Waals surface area contributed by atoms with Crippen LogP contribution in [0.15, 0.2) is 24.3 Å². The van der Waals surface area contributed by atoms with Gasteiger partial charge in [-0.05, 0) is 63.4 Å². The Morgan fingerprint density at radius 2 is 2.20 bits per heavy atom. The third-order valence-corrected chi connectivity index (χ3v) is 4.79. The highest BCUT2D eigenvalue weighted by molar-refractivity contribution is 6.30. The van der Waals surface area contributed by atoms with E-state index in [2.05, 4.69) is 43.1 Å². The second-order valence-electron chi connectivity index (χ2n) is 6.03. The van der Waals surface area contributed by atoms with Crippen molar-refractivity contribution in [1.29, 1.82) is 0 Å². The SMILES string of the molecule is CCN1CCCC(C(C)NC(C)c2cccc(Cl)c2)C1. The summed E-state index contributed by atoms with van der Waals surface area (Å²) >= 11 is 6.08. The molecule has 1 aliphatic heterocycles. The van der Waals surface area contributed by atoms with Gasteiger partial charge in [0.2, 0.25) is 0 Å². The Morgan fingerprint density at radius 3 is 2.90 bits per heavy atom. The van der Waals surface area contributed by atoms with Crippen molar-refractivity contribution < 1.29 is 0 Å². The standard InChI is InChI=1S/C17H27ClN2/c1-4-20-10-6-8-16(12-20)14(3)19-13(2)15-7-5-9-17(18)11-15/h5,7,9,11,13-14,16,19H,4,6,8,10,12H2,1-3H3.